The van der Waals surface area contributed by atoms with Crippen molar-refractivity contribution in [2.45, 2.75) is 36.6 Å². The molecule has 0 radical (unpaired) electrons. The number of carbonyl (C=O) groups excluding carboxylic acids is 1. The molecule has 2 saturated heterocycles. The molecule has 166 valence electrons. The van der Waals surface area contributed by atoms with Gasteiger partial charge >= 0.3 is 0 Å². The summed E-state index contributed by atoms with van der Waals surface area (Å²) in [4.78, 5) is 15.3. The van der Waals surface area contributed by atoms with Gasteiger partial charge in [0.05, 0.1) is 18.0 Å². The third kappa shape index (κ3) is 4.45. The second kappa shape index (κ2) is 8.96. The Bertz CT molecular complexity index is 1020. The van der Waals surface area contributed by atoms with Crippen LogP contribution in [0, 0.1) is 11.7 Å². The van der Waals surface area contributed by atoms with Gasteiger partial charge in [-0.1, -0.05) is 12.1 Å². The number of methoxy groups -OCH3 is 1. The smallest absolute Gasteiger partial charge is 0.243 e. The van der Waals surface area contributed by atoms with Crippen molar-refractivity contribution in [2.75, 3.05) is 26.7 Å². The molecule has 8 heteroatoms. The van der Waals surface area contributed by atoms with Crippen molar-refractivity contribution in [2.24, 2.45) is 5.92 Å². The van der Waals surface area contributed by atoms with Crippen molar-refractivity contribution in [3.8, 4) is 5.75 Å². The van der Waals surface area contributed by atoms with Crippen LogP contribution in [-0.4, -0.2) is 50.3 Å². The molecule has 0 saturated carbocycles. The maximum absolute atomic E-state index is 13.3. The van der Waals surface area contributed by atoms with Gasteiger partial charge in [0.1, 0.15) is 11.6 Å². The third-order valence-corrected chi connectivity index (χ3v) is 8.20. The largest absolute Gasteiger partial charge is 0.497 e. The van der Waals surface area contributed by atoms with Crippen molar-refractivity contribution in [1.29, 1.82) is 0 Å². The molecular formula is C23H27FN2O4S. The second-order valence-electron chi connectivity index (χ2n) is 8.10. The highest BCUT2D eigenvalue weighted by molar-refractivity contribution is 7.89. The summed E-state index contributed by atoms with van der Waals surface area (Å²) in [5.74, 6) is 0.241. The van der Waals surface area contributed by atoms with Gasteiger partial charge in [0.15, 0.2) is 0 Å². The lowest BCUT2D eigenvalue weighted by atomic mass is 9.95. The number of rotatable bonds is 5. The predicted molar refractivity (Wildman–Crippen MR) is 115 cm³/mol. The van der Waals surface area contributed by atoms with Crippen LogP contribution in [-0.2, 0) is 14.8 Å². The summed E-state index contributed by atoms with van der Waals surface area (Å²) in [6.07, 6.45) is 2.87. The summed E-state index contributed by atoms with van der Waals surface area (Å²) < 4.78 is 45.4. The average molecular weight is 447 g/mol. The zero-order chi connectivity index (χ0) is 22.0. The number of ether oxygens (including phenoxy) is 1. The highest BCUT2D eigenvalue weighted by Gasteiger charge is 2.37. The quantitative estimate of drug-likeness (QED) is 0.704. The Morgan fingerprint density at radius 3 is 2.23 bits per heavy atom. The third-order valence-electron chi connectivity index (χ3n) is 6.29. The van der Waals surface area contributed by atoms with Crippen LogP contribution in [0.4, 0.5) is 4.39 Å². The Hall–Kier alpha value is -2.45. The molecule has 31 heavy (non-hydrogen) atoms. The van der Waals surface area contributed by atoms with Gasteiger partial charge in [0, 0.05) is 25.6 Å². The lowest BCUT2D eigenvalue weighted by Gasteiger charge is -2.34. The van der Waals surface area contributed by atoms with Gasteiger partial charge in [-0.2, -0.15) is 4.31 Å². The minimum Gasteiger partial charge on any atom is -0.497 e. The van der Waals surface area contributed by atoms with Crippen molar-refractivity contribution in [3.63, 3.8) is 0 Å². The molecule has 6 nitrogen and oxygen atoms in total. The maximum Gasteiger partial charge on any atom is 0.243 e. The summed E-state index contributed by atoms with van der Waals surface area (Å²) in [7, 11) is -2.05. The van der Waals surface area contributed by atoms with Gasteiger partial charge < -0.3 is 9.64 Å². The Labute approximate surface area is 182 Å². The lowest BCUT2D eigenvalue weighted by molar-refractivity contribution is -0.137. The van der Waals surface area contributed by atoms with E-state index in [1.165, 1.54) is 16.4 Å². The fraction of sp³-hybridized carbons (Fsp3) is 0.435. The van der Waals surface area contributed by atoms with Crippen molar-refractivity contribution < 1.29 is 22.3 Å². The number of benzene rings is 2. The number of halogens is 1. The van der Waals surface area contributed by atoms with Gasteiger partial charge in [0.25, 0.3) is 0 Å². The van der Waals surface area contributed by atoms with Crippen molar-refractivity contribution in [1.82, 2.24) is 9.21 Å². The Morgan fingerprint density at radius 2 is 1.61 bits per heavy atom. The van der Waals surface area contributed by atoms with Crippen molar-refractivity contribution in [3.05, 3.63) is 59.9 Å². The van der Waals surface area contributed by atoms with Crippen LogP contribution in [0.1, 0.15) is 37.3 Å². The molecule has 2 aliphatic rings. The SMILES string of the molecule is COc1ccc([C@H]2CCCN2C(=O)C2CCN(S(=O)(=O)c3ccc(F)cc3)CC2)cc1. The molecule has 0 aromatic heterocycles. The summed E-state index contributed by atoms with van der Waals surface area (Å²) >= 11 is 0. The van der Waals surface area contributed by atoms with E-state index >= 15 is 0 Å². The van der Waals surface area contributed by atoms with E-state index in [-0.39, 0.29) is 35.9 Å². The monoisotopic (exact) mass is 446 g/mol. The molecule has 1 amide bonds. The van der Waals surface area contributed by atoms with Crippen LogP contribution in [0.5, 0.6) is 5.75 Å². The van der Waals surface area contributed by atoms with Gasteiger partial charge in [-0.25, -0.2) is 12.8 Å². The zero-order valence-corrected chi connectivity index (χ0v) is 18.4. The normalized spacial score (nSPS) is 20.7. The Kier molecular flexibility index (Phi) is 6.29. The first-order valence-electron chi connectivity index (χ1n) is 10.6. The first-order chi connectivity index (χ1) is 14.9. The molecule has 2 heterocycles. The van der Waals surface area contributed by atoms with E-state index in [1.54, 1.807) is 7.11 Å². The summed E-state index contributed by atoms with van der Waals surface area (Å²) in [5, 5.41) is 0. The van der Waals surface area contributed by atoms with Gasteiger partial charge in [-0.3, -0.25) is 4.79 Å². The molecule has 0 spiro atoms. The lowest BCUT2D eigenvalue weighted by Crippen LogP contribution is -2.44. The van der Waals surface area contributed by atoms with Crippen LogP contribution in [0.3, 0.4) is 0 Å². The fourth-order valence-electron chi connectivity index (χ4n) is 4.54. The van der Waals surface area contributed by atoms with Gasteiger partial charge in [-0.15, -0.1) is 0 Å². The number of nitrogens with zero attached hydrogens (tertiary/aromatic N) is 2. The molecule has 2 aromatic carbocycles. The van der Waals surface area contributed by atoms with E-state index in [4.69, 9.17) is 4.74 Å². The fourth-order valence-corrected chi connectivity index (χ4v) is 6.01. The molecule has 4 rings (SSSR count). The molecule has 0 aliphatic carbocycles. The molecule has 0 N–H and O–H groups in total. The van der Waals surface area contributed by atoms with Crippen LogP contribution in [0.15, 0.2) is 53.4 Å². The highest BCUT2D eigenvalue weighted by Crippen LogP contribution is 2.35. The molecular weight excluding hydrogens is 419 g/mol. The Balaban J connectivity index is 1.41. The van der Waals surface area contributed by atoms with Crippen LogP contribution in [0.2, 0.25) is 0 Å². The molecule has 2 aromatic rings. The average Bonchev–Trinajstić information content (AvgIpc) is 3.29. The van der Waals surface area contributed by atoms with E-state index in [1.807, 2.05) is 29.2 Å². The molecule has 1 atom stereocenters. The maximum atomic E-state index is 13.3. The molecule has 0 bridgehead atoms. The van der Waals surface area contributed by atoms with Crippen molar-refractivity contribution >= 4 is 15.9 Å². The first kappa shape index (κ1) is 21.8. The van der Waals surface area contributed by atoms with Crippen LogP contribution >= 0.6 is 0 Å². The molecule has 2 aliphatic heterocycles. The summed E-state index contributed by atoms with van der Waals surface area (Å²) in [5.41, 5.74) is 1.10. The van der Waals surface area contributed by atoms with E-state index in [0.717, 1.165) is 42.8 Å². The summed E-state index contributed by atoms with van der Waals surface area (Å²) in [6.45, 7) is 1.30. The first-order valence-corrected chi connectivity index (χ1v) is 12.0. The van der Waals surface area contributed by atoms with E-state index in [2.05, 4.69) is 0 Å². The number of hydrogen-bond donors (Lipinski definition) is 0. The second-order valence-corrected chi connectivity index (χ2v) is 10.0. The Morgan fingerprint density at radius 1 is 0.968 bits per heavy atom. The number of likely N-dealkylation sites (tertiary alicyclic amines) is 1. The number of amides is 1. The standard InChI is InChI=1S/C23H27FN2O4S/c1-30-20-8-4-17(5-9-20)22-3-2-14-26(22)23(27)18-12-15-25(16-13-18)31(28,29)21-10-6-19(24)7-11-21/h4-11,18,22H,2-3,12-16H2,1H3/t22-/m1/s1. The predicted octanol–water partition coefficient (Wildman–Crippen LogP) is 3.60. The van der Waals surface area contributed by atoms with E-state index < -0.39 is 15.8 Å². The van der Waals surface area contributed by atoms with Gasteiger partial charge in [-0.05, 0) is 67.6 Å². The minimum absolute atomic E-state index is 0.0550. The number of sulfonamides is 1. The van der Waals surface area contributed by atoms with Gasteiger partial charge in [0.2, 0.25) is 15.9 Å². The number of carbonyl (C=O) groups is 1. The molecule has 0 unspecified atom stereocenters. The minimum atomic E-state index is -3.68. The molecule has 2 fully saturated rings. The van der Waals surface area contributed by atoms with E-state index in [0.29, 0.717) is 12.8 Å². The highest BCUT2D eigenvalue weighted by atomic mass is 32.2. The number of piperidine rings is 1. The zero-order valence-electron chi connectivity index (χ0n) is 17.5. The topological polar surface area (TPSA) is 66.9 Å². The van der Waals surface area contributed by atoms with Crippen LogP contribution < -0.4 is 4.74 Å². The van der Waals surface area contributed by atoms with E-state index in [9.17, 15) is 17.6 Å². The summed E-state index contributed by atoms with van der Waals surface area (Å²) in [6, 6.07) is 12.8. The number of hydrogen-bond acceptors (Lipinski definition) is 4. The van der Waals surface area contributed by atoms with Crippen LogP contribution in [0.25, 0.3) is 0 Å².